The number of methoxy groups -OCH3 is 1. The van der Waals surface area contributed by atoms with Gasteiger partial charge in [-0.3, -0.25) is 4.79 Å². The molecule has 0 aliphatic rings. The van der Waals surface area contributed by atoms with Gasteiger partial charge in [0.25, 0.3) is 0 Å². The van der Waals surface area contributed by atoms with Crippen LogP contribution in [0.3, 0.4) is 0 Å². The topological polar surface area (TPSA) is 61.6 Å². The Balaban J connectivity index is 1.71. The minimum Gasteiger partial charge on any atom is -0.468 e. The summed E-state index contributed by atoms with van der Waals surface area (Å²) in [6.07, 6.45) is 0.678. The van der Waals surface area contributed by atoms with E-state index in [1.807, 2.05) is 31.2 Å². The number of esters is 1. The first-order valence-corrected chi connectivity index (χ1v) is 9.82. The van der Waals surface area contributed by atoms with Crippen molar-refractivity contribution >= 4 is 17.7 Å². The molecular weight excluding hydrogens is 362 g/mol. The van der Waals surface area contributed by atoms with Gasteiger partial charge in [-0.05, 0) is 32.9 Å². The van der Waals surface area contributed by atoms with E-state index in [0.717, 1.165) is 17.0 Å². The van der Waals surface area contributed by atoms with Gasteiger partial charge in [0.1, 0.15) is 17.6 Å². The van der Waals surface area contributed by atoms with Crippen LogP contribution in [0.1, 0.15) is 23.9 Å². The molecule has 0 N–H and O–H groups in total. The fourth-order valence-corrected chi connectivity index (χ4v) is 2.94. The summed E-state index contributed by atoms with van der Waals surface area (Å²) in [5.74, 6) is 7.72. The van der Waals surface area contributed by atoms with Crippen LogP contribution in [0.2, 0.25) is 0 Å². The summed E-state index contributed by atoms with van der Waals surface area (Å²) >= 11 is 1.45. The minimum atomic E-state index is -0.231. The maximum Gasteiger partial charge on any atom is 0.318 e. The third-order valence-corrected chi connectivity index (χ3v) is 4.92. The number of aromatic nitrogens is 1. The first-order chi connectivity index (χ1) is 13.0. The highest BCUT2D eigenvalue weighted by molar-refractivity contribution is 8.00. The molecule has 0 aliphatic heterocycles. The molecule has 0 fully saturated rings. The lowest BCUT2D eigenvalue weighted by Crippen LogP contribution is -2.14. The lowest BCUT2D eigenvalue weighted by Gasteiger charge is -2.05. The van der Waals surface area contributed by atoms with Gasteiger partial charge in [-0.2, -0.15) is 0 Å². The molecule has 0 aliphatic carbocycles. The Morgan fingerprint density at radius 3 is 2.70 bits per heavy atom. The minimum absolute atomic E-state index is 0.205. The zero-order valence-corrected chi connectivity index (χ0v) is 17.0. The highest BCUT2D eigenvalue weighted by Gasteiger charge is 2.12. The summed E-state index contributed by atoms with van der Waals surface area (Å²) in [6.45, 7) is 6.66. The maximum atomic E-state index is 11.3. The van der Waals surface area contributed by atoms with Gasteiger partial charge >= 0.3 is 5.97 Å². The Kier molecular flexibility index (Phi) is 8.43. The molecule has 0 saturated heterocycles. The van der Waals surface area contributed by atoms with Crippen LogP contribution in [0, 0.1) is 25.7 Å². The molecule has 6 heteroatoms. The summed E-state index contributed by atoms with van der Waals surface area (Å²) in [7, 11) is 1.39. The van der Waals surface area contributed by atoms with Crippen molar-refractivity contribution in [3.63, 3.8) is 0 Å². The molecule has 1 unspecified atom stereocenters. The molecular formula is C21H25NO4S. The third kappa shape index (κ3) is 6.78. The Morgan fingerprint density at radius 2 is 2.00 bits per heavy atom. The lowest BCUT2D eigenvalue weighted by molar-refractivity contribution is -0.139. The van der Waals surface area contributed by atoms with E-state index >= 15 is 0 Å². The van der Waals surface area contributed by atoms with E-state index in [0.29, 0.717) is 31.3 Å². The van der Waals surface area contributed by atoms with Crippen LogP contribution in [0.25, 0.3) is 11.5 Å². The molecule has 0 spiro atoms. The summed E-state index contributed by atoms with van der Waals surface area (Å²) in [5, 5.41) is -0.205. The van der Waals surface area contributed by atoms with Gasteiger partial charge in [0.2, 0.25) is 5.89 Å². The molecule has 144 valence electrons. The summed E-state index contributed by atoms with van der Waals surface area (Å²) in [6, 6.07) is 8.10. The standard InChI is InChI=1S/C21H25NO4S/c1-15-7-9-18(10-8-15)20-22-19(16(2)26-20)11-13-25-12-5-6-14-27-17(3)21(23)24-4/h7-10,17H,11-14H2,1-4H3. The van der Waals surface area contributed by atoms with E-state index < -0.39 is 0 Å². The summed E-state index contributed by atoms with van der Waals surface area (Å²) < 4.78 is 16.0. The number of thioether (sulfide) groups is 1. The van der Waals surface area contributed by atoms with E-state index in [2.05, 4.69) is 28.5 Å². The predicted molar refractivity (Wildman–Crippen MR) is 108 cm³/mol. The molecule has 1 heterocycles. The highest BCUT2D eigenvalue weighted by atomic mass is 32.2. The molecule has 1 atom stereocenters. The van der Waals surface area contributed by atoms with Gasteiger partial charge < -0.3 is 13.9 Å². The van der Waals surface area contributed by atoms with Crippen molar-refractivity contribution in [3.05, 3.63) is 41.3 Å². The number of hydrogen-bond donors (Lipinski definition) is 0. The van der Waals surface area contributed by atoms with Crippen molar-refractivity contribution in [2.24, 2.45) is 0 Å². The van der Waals surface area contributed by atoms with Crippen LogP contribution in [0.5, 0.6) is 0 Å². The fourth-order valence-electron chi connectivity index (χ4n) is 2.27. The summed E-state index contributed by atoms with van der Waals surface area (Å²) in [5.41, 5.74) is 3.08. The Hall–Kier alpha value is -2.23. The van der Waals surface area contributed by atoms with Gasteiger partial charge in [-0.1, -0.05) is 29.5 Å². The molecule has 0 bridgehead atoms. The largest absolute Gasteiger partial charge is 0.468 e. The number of aryl methyl sites for hydroxylation is 2. The van der Waals surface area contributed by atoms with Crippen molar-refractivity contribution in [3.8, 4) is 23.3 Å². The third-order valence-electron chi connectivity index (χ3n) is 3.91. The Morgan fingerprint density at radius 1 is 1.26 bits per heavy atom. The van der Waals surface area contributed by atoms with Gasteiger partial charge in [-0.15, -0.1) is 11.8 Å². The number of nitrogens with zero attached hydrogens (tertiary/aromatic N) is 1. The monoisotopic (exact) mass is 387 g/mol. The summed E-state index contributed by atoms with van der Waals surface area (Å²) in [4.78, 5) is 15.8. The van der Waals surface area contributed by atoms with Crippen molar-refractivity contribution in [2.75, 3.05) is 26.1 Å². The van der Waals surface area contributed by atoms with E-state index in [-0.39, 0.29) is 11.2 Å². The Bertz CT molecular complexity index is 802. The van der Waals surface area contributed by atoms with Gasteiger partial charge in [-0.25, -0.2) is 4.98 Å². The first kappa shape index (κ1) is 21.1. The first-order valence-electron chi connectivity index (χ1n) is 8.77. The second kappa shape index (κ2) is 10.8. The quantitative estimate of drug-likeness (QED) is 0.390. The number of carbonyl (C=O) groups excluding carboxylic acids is 1. The fraction of sp³-hybridized carbons (Fsp3) is 0.429. The van der Waals surface area contributed by atoms with Gasteiger partial charge in [0, 0.05) is 12.0 Å². The van der Waals surface area contributed by atoms with Crippen LogP contribution < -0.4 is 0 Å². The number of benzene rings is 1. The molecule has 1 aromatic carbocycles. The predicted octanol–water partition coefficient (Wildman–Crippen LogP) is 3.82. The van der Waals surface area contributed by atoms with Gasteiger partial charge in [0.15, 0.2) is 0 Å². The van der Waals surface area contributed by atoms with E-state index in [9.17, 15) is 4.79 Å². The maximum absolute atomic E-state index is 11.3. The number of carbonyl (C=O) groups is 1. The molecule has 0 amide bonds. The van der Waals surface area contributed by atoms with Crippen LogP contribution in [0.4, 0.5) is 0 Å². The van der Waals surface area contributed by atoms with Crippen LogP contribution in [-0.2, 0) is 20.7 Å². The normalized spacial score (nSPS) is 11.6. The van der Waals surface area contributed by atoms with Crippen molar-refractivity contribution in [1.29, 1.82) is 0 Å². The van der Waals surface area contributed by atoms with Gasteiger partial charge in [0.05, 0.1) is 25.2 Å². The number of oxazole rings is 1. The van der Waals surface area contributed by atoms with E-state index in [1.165, 1.54) is 24.4 Å². The Labute approximate surface area is 164 Å². The van der Waals surface area contributed by atoms with Crippen LogP contribution in [0.15, 0.2) is 28.7 Å². The van der Waals surface area contributed by atoms with E-state index in [1.54, 1.807) is 6.92 Å². The van der Waals surface area contributed by atoms with Crippen molar-refractivity contribution < 1.29 is 18.7 Å². The van der Waals surface area contributed by atoms with E-state index in [4.69, 9.17) is 9.15 Å². The van der Waals surface area contributed by atoms with Crippen LogP contribution in [-0.4, -0.2) is 42.3 Å². The highest BCUT2D eigenvalue weighted by Crippen LogP contribution is 2.22. The average Bonchev–Trinajstić information content (AvgIpc) is 3.04. The molecule has 0 radical (unpaired) electrons. The molecule has 1 aromatic heterocycles. The molecule has 0 saturated carbocycles. The molecule has 2 rings (SSSR count). The average molecular weight is 388 g/mol. The molecule has 2 aromatic rings. The zero-order chi connectivity index (χ0) is 19.6. The van der Waals surface area contributed by atoms with Crippen molar-refractivity contribution in [2.45, 2.75) is 32.4 Å². The smallest absolute Gasteiger partial charge is 0.318 e. The van der Waals surface area contributed by atoms with Crippen molar-refractivity contribution in [1.82, 2.24) is 4.98 Å². The second-order valence-corrected chi connectivity index (χ2v) is 7.35. The lowest BCUT2D eigenvalue weighted by atomic mass is 10.1. The SMILES string of the molecule is COC(=O)C(C)SCC#CCOCCc1nc(-c2ccc(C)cc2)oc1C. The second-order valence-electron chi connectivity index (χ2n) is 6.02. The number of rotatable bonds is 8. The molecule has 27 heavy (non-hydrogen) atoms. The number of hydrogen-bond acceptors (Lipinski definition) is 6. The molecule has 5 nitrogen and oxygen atoms in total. The van der Waals surface area contributed by atoms with Crippen LogP contribution >= 0.6 is 11.8 Å². The zero-order valence-electron chi connectivity index (χ0n) is 16.2. The number of ether oxygens (including phenoxy) is 2.